The molecule has 1 saturated heterocycles. The van der Waals surface area contributed by atoms with E-state index in [9.17, 15) is 13.7 Å². The molecule has 18 heavy (non-hydrogen) atoms. The predicted molar refractivity (Wildman–Crippen MR) is 70.3 cm³/mol. The first-order chi connectivity index (χ1) is 8.66. The van der Waals surface area contributed by atoms with Crippen LogP contribution in [0.15, 0.2) is 24.3 Å². The van der Waals surface area contributed by atoms with Crippen LogP contribution in [0.3, 0.4) is 0 Å². The first-order valence-corrected chi connectivity index (χ1v) is 7.66. The summed E-state index contributed by atoms with van der Waals surface area (Å²) in [4.78, 5) is 0. The fraction of sp³-hybridized carbons (Fsp3) is 0.538. The van der Waals surface area contributed by atoms with Crippen LogP contribution in [0.5, 0.6) is 0 Å². The van der Waals surface area contributed by atoms with Crippen molar-refractivity contribution in [3.63, 3.8) is 0 Å². The van der Waals surface area contributed by atoms with Crippen molar-refractivity contribution in [3.8, 4) is 0 Å². The molecule has 1 aliphatic heterocycles. The van der Waals surface area contributed by atoms with Crippen molar-refractivity contribution in [2.24, 2.45) is 0 Å². The van der Waals surface area contributed by atoms with Gasteiger partial charge in [0.1, 0.15) is 5.82 Å². The molecule has 1 aromatic rings. The Balaban J connectivity index is 1.83. The standard InChI is InChI=1S/C13H18FNO2S/c14-12-4-2-1-3-11(12)13(16)9-15-10-5-7-18(17)8-6-10/h1-4,10,13,15-16H,5-9H2. The van der Waals surface area contributed by atoms with Crippen molar-refractivity contribution in [2.45, 2.75) is 25.0 Å². The van der Waals surface area contributed by atoms with E-state index < -0.39 is 16.9 Å². The van der Waals surface area contributed by atoms with E-state index in [0.29, 0.717) is 23.6 Å². The Morgan fingerprint density at radius 2 is 2.06 bits per heavy atom. The van der Waals surface area contributed by atoms with Crippen molar-refractivity contribution >= 4 is 10.8 Å². The number of halogens is 1. The lowest BCUT2D eigenvalue weighted by atomic mass is 10.1. The number of hydrogen-bond donors (Lipinski definition) is 2. The molecule has 2 rings (SSSR count). The molecule has 0 aliphatic carbocycles. The summed E-state index contributed by atoms with van der Waals surface area (Å²) >= 11 is 0. The van der Waals surface area contributed by atoms with Crippen molar-refractivity contribution < 1.29 is 13.7 Å². The smallest absolute Gasteiger partial charge is 0.129 e. The van der Waals surface area contributed by atoms with Crippen molar-refractivity contribution in [2.75, 3.05) is 18.1 Å². The molecule has 5 heteroatoms. The highest BCUT2D eigenvalue weighted by molar-refractivity contribution is 7.85. The maximum Gasteiger partial charge on any atom is 0.129 e. The van der Waals surface area contributed by atoms with Crippen molar-refractivity contribution in [1.29, 1.82) is 0 Å². The van der Waals surface area contributed by atoms with Gasteiger partial charge in [0.2, 0.25) is 0 Å². The third-order valence-corrected chi connectivity index (χ3v) is 4.63. The van der Waals surface area contributed by atoms with E-state index >= 15 is 0 Å². The molecule has 1 heterocycles. The first kappa shape index (κ1) is 13.6. The fourth-order valence-corrected chi connectivity index (χ4v) is 3.43. The third-order valence-electron chi connectivity index (χ3n) is 3.25. The second-order valence-electron chi connectivity index (χ2n) is 4.57. The van der Waals surface area contributed by atoms with Gasteiger partial charge >= 0.3 is 0 Å². The Kier molecular flexibility index (Phi) is 4.86. The summed E-state index contributed by atoms with van der Waals surface area (Å²) < 4.78 is 24.6. The largest absolute Gasteiger partial charge is 0.387 e. The summed E-state index contributed by atoms with van der Waals surface area (Å²) in [6.45, 7) is 0.332. The van der Waals surface area contributed by atoms with Gasteiger partial charge in [-0.15, -0.1) is 0 Å². The molecule has 0 amide bonds. The zero-order valence-electron chi connectivity index (χ0n) is 10.1. The molecule has 2 N–H and O–H groups in total. The molecular formula is C13H18FNO2S. The summed E-state index contributed by atoms with van der Waals surface area (Å²) in [6, 6.07) is 6.55. The van der Waals surface area contributed by atoms with E-state index in [4.69, 9.17) is 0 Å². The Bertz CT molecular complexity index is 417. The Hall–Kier alpha value is -0.780. The fourth-order valence-electron chi connectivity index (χ4n) is 2.13. The zero-order valence-corrected chi connectivity index (χ0v) is 11.0. The Morgan fingerprint density at radius 1 is 1.39 bits per heavy atom. The van der Waals surface area contributed by atoms with Crippen LogP contribution >= 0.6 is 0 Å². The van der Waals surface area contributed by atoms with Gasteiger partial charge in [-0.3, -0.25) is 4.21 Å². The molecule has 0 spiro atoms. The van der Waals surface area contributed by atoms with Gasteiger partial charge in [-0.25, -0.2) is 4.39 Å². The summed E-state index contributed by atoms with van der Waals surface area (Å²) in [5.41, 5.74) is 0.324. The molecule has 1 unspecified atom stereocenters. The maximum atomic E-state index is 13.4. The second kappa shape index (κ2) is 6.41. The normalized spacial score (nSPS) is 25.9. The van der Waals surface area contributed by atoms with Gasteiger partial charge < -0.3 is 10.4 Å². The molecule has 1 fully saturated rings. The Labute approximate surface area is 109 Å². The highest BCUT2D eigenvalue weighted by Crippen LogP contribution is 2.17. The summed E-state index contributed by atoms with van der Waals surface area (Å²) in [7, 11) is -0.677. The molecule has 0 radical (unpaired) electrons. The number of rotatable bonds is 4. The van der Waals surface area contributed by atoms with Gasteiger partial charge in [0.05, 0.1) is 6.10 Å². The Morgan fingerprint density at radius 3 is 2.72 bits per heavy atom. The maximum absolute atomic E-state index is 13.4. The molecule has 0 bridgehead atoms. The summed E-state index contributed by atoms with van der Waals surface area (Å²) in [6.07, 6.45) is 0.881. The zero-order chi connectivity index (χ0) is 13.0. The van der Waals surface area contributed by atoms with Crippen LogP contribution in [-0.2, 0) is 10.8 Å². The number of hydrogen-bond acceptors (Lipinski definition) is 3. The summed E-state index contributed by atoms with van der Waals surface area (Å²) in [5, 5.41) is 13.1. The number of benzene rings is 1. The first-order valence-electron chi connectivity index (χ1n) is 6.17. The molecule has 100 valence electrons. The van der Waals surface area contributed by atoms with Gasteiger partial charge in [0.15, 0.2) is 0 Å². The van der Waals surface area contributed by atoms with Crippen molar-refractivity contribution in [1.82, 2.24) is 5.32 Å². The van der Waals surface area contributed by atoms with E-state index in [1.54, 1.807) is 18.2 Å². The van der Waals surface area contributed by atoms with Gasteiger partial charge in [0, 0.05) is 40.5 Å². The van der Waals surface area contributed by atoms with E-state index in [-0.39, 0.29) is 11.9 Å². The minimum Gasteiger partial charge on any atom is -0.387 e. The van der Waals surface area contributed by atoms with Crippen LogP contribution in [0.25, 0.3) is 0 Å². The minimum absolute atomic E-state index is 0.282. The molecule has 0 aromatic heterocycles. The van der Waals surface area contributed by atoms with Gasteiger partial charge in [-0.1, -0.05) is 18.2 Å². The third kappa shape index (κ3) is 3.60. The van der Waals surface area contributed by atoms with Crippen LogP contribution in [0.1, 0.15) is 24.5 Å². The van der Waals surface area contributed by atoms with E-state index in [2.05, 4.69) is 5.32 Å². The average Bonchev–Trinajstić information content (AvgIpc) is 2.38. The van der Waals surface area contributed by atoms with E-state index in [1.807, 2.05) is 0 Å². The van der Waals surface area contributed by atoms with Gasteiger partial charge in [0.25, 0.3) is 0 Å². The SMILES string of the molecule is O=S1CCC(NCC(O)c2ccccc2F)CC1. The number of aliphatic hydroxyl groups excluding tert-OH is 1. The molecule has 0 saturated carbocycles. The highest BCUT2D eigenvalue weighted by Gasteiger charge is 2.19. The van der Waals surface area contributed by atoms with Crippen LogP contribution in [0, 0.1) is 5.82 Å². The van der Waals surface area contributed by atoms with Crippen LogP contribution < -0.4 is 5.32 Å². The van der Waals surface area contributed by atoms with E-state index in [1.165, 1.54) is 6.07 Å². The molecule has 3 nitrogen and oxygen atoms in total. The quantitative estimate of drug-likeness (QED) is 0.869. The predicted octanol–water partition coefficient (Wildman–Crippen LogP) is 1.36. The summed E-state index contributed by atoms with van der Waals surface area (Å²) in [5.74, 6) is 1.05. The lowest BCUT2D eigenvalue weighted by Gasteiger charge is -2.24. The lowest BCUT2D eigenvalue weighted by Crippen LogP contribution is -2.38. The second-order valence-corrected chi connectivity index (χ2v) is 6.26. The van der Waals surface area contributed by atoms with Crippen molar-refractivity contribution in [3.05, 3.63) is 35.6 Å². The molecule has 1 atom stereocenters. The topological polar surface area (TPSA) is 49.3 Å². The van der Waals surface area contributed by atoms with Gasteiger partial charge in [-0.05, 0) is 18.9 Å². The van der Waals surface area contributed by atoms with Gasteiger partial charge in [-0.2, -0.15) is 0 Å². The monoisotopic (exact) mass is 271 g/mol. The van der Waals surface area contributed by atoms with Crippen LogP contribution in [0.4, 0.5) is 4.39 Å². The highest BCUT2D eigenvalue weighted by atomic mass is 32.2. The number of aliphatic hydroxyl groups is 1. The average molecular weight is 271 g/mol. The van der Waals surface area contributed by atoms with Crippen LogP contribution in [0.2, 0.25) is 0 Å². The molecular weight excluding hydrogens is 253 g/mol. The number of nitrogens with one attached hydrogen (secondary N) is 1. The lowest BCUT2D eigenvalue weighted by molar-refractivity contribution is 0.164. The van der Waals surface area contributed by atoms with Crippen LogP contribution in [-0.4, -0.2) is 33.4 Å². The minimum atomic E-state index is -0.835. The molecule has 1 aromatic carbocycles. The van der Waals surface area contributed by atoms with E-state index in [0.717, 1.165) is 12.8 Å². The molecule has 1 aliphatic rings.